The average Bonchev–Trinajstić information content (AvgIpc) is 2.62. The van der Waals surface area contributed by atoms with Crippen LogP contribution in [0, 0.1) is 0 Å². The molecule has 1 N–H and O–H groups in total. The summed E-state index contributed by atoms with van der Waals surface area (Å²) >= 11 is 1.73. The molecule has 1 unspecified atom stereocenters. The van der Waals surface area contributed by atoms with Gasteiger partial charge in [0.25, 0.3) is 0 Å². The molecule has 17 heavy (non-hydrogen) atoms. The van der Waals surface area contributed by atoms with Crippen LogP contribution in [-0.4, -0.2) is 42.9 Å². The van der Waals surface area contributed by atoms with E-state index in [1.807, 2.05) is 0 Å². The van der Waals surface area contributed by atoms with Gasteiger partial charge in [-0.25, -0.2) is 8.42 Å². The van der Waals surface area contributed by atoms with Crippen LogP contribution < -0.4 is 5.32 Å². The van der Waals surface area contributed by atoms with Gasteiger partial charge in [-0.2, -0.15) is 0 Å². The minimum atomic E-state index is -3.04. The second-order valence-electron chi connectivity index (χ2n) is 5.06. The van der Waals surface area contributed by atoms with E-state index in [4.69, 9.17) is 0 Å². The summed E-state index contributed by atoms with van der Waals surface area (Å²) in [5.74, 6) is 0. The summed E-state index contributed by atoms with van der Waals surface area (Å²) in [6.45, 7) is 6.90. The highest BCUT2D eigenvalue weighted by molar-refractivity contribution is 8.14. The van der Waals surface area contributed by atoms with Crippen LogP contribution in [0.15, 0.2) is 4.99 Å². The zero-order chi connectivity index (χ0) is 13.1. The third-order valence-electron chi connectivity index (χ3n) is 3.00. The van der Waals surface area contributed by atoms with E-state index in [-0.39, 0.29) is 0 Å². The van der Waals surface area contributed by atoms with Crippen LogP contribution in [0.2, 0.25) is 0 Å². The van der Waals surface area contributed by atoms with Gasteiger partial charge in [0.15, 0.2) is 15.0 Å². The molecule has 0 aliphatic carbocycles. The molecule has 0 radical (unpaired) electrons. The average molecular weight is 278 g/mol. The van der Waals surface area contributed by atoms with Crippen LogP contribution in [0.1, 0.15) is 33.6 Å². The molecule has 1 aliphatic rings. The third-order valence-corrected chi connectivity index (χ3v) is 6.36. The fourth-order valence-electron chi connectivity index (χ4n) is 1.41. The minimum absolute atomic E-state index is 0.413. The summed E-state index contributed by atoms with van der Waals surface area (Å²) < 4.78 is 22.3. The lowest BCUT2D eigenvalue weighted by Crippen LogP contribution is -2.42. The van der Waals surface area contributed by atoms with Gasteiger partial charge in [0, 0.05) is 18.1 Å². The van der Waals surface area contributed by atoms with Crippen molar-refractivity contribution in [2.75, 3.05) is 19.3 Å². The Morgan fingerprint density at radius 3 is 2.71 bits per heavy atom. The number of nitrogens with zero attached hydrogens (tertiary/aromatic N) is 1. The van der Waals surface area contributed by atoms with Gasteiger partial charge in [-0.05, 0) is 20.3 Å². The van der Waals surface area contributed by atoms with Gasteiger partial charge in [0.1, 0.15) is 0 Å². The predicted octanol–water partition coefficient (Wildman–Crippen LogP) is 1.67. The minimum Gasteiger partial charge on any atom is -0.363 e. The summed E-state index contributed by atoms with van der Waals surface area (Å²) in [7, 11) is -3.04. The number of nitrogens with one attached hydrogen (secondary N) is 1. The Morgan fingerprint density at radius 1 is 1.53 bits per heavy atom. The van der Waals surface area contributed by atoms with Crippen molar-refractivity contribution in [2.45, 2.75) is 43.6 Å². The molecule has 0 amide bonds. The van der Waals surface area contributed by atoms with Gasteiger partial charge in [0.05, 0.1) is 11.3 Å². The molecule has 0 fully saturated rings. The molecular formula is C11H22N2O2S2. The van der Waals surface area contributed by atoms with Crippen molar-refractivity contribution < 1.29 is 8.42 Å². The van der Waals surface area contributed by atoms with Crippen molar-refractivity contribution in [2.24, 2.45) is 4.99 Å². The van der Waals surface area contributed by atoms with E-state index in [9.17, 15) is 8.42 Å². The Morgan fingerprint density at radius 2 is 2.18 bits per heavy atom. The fourth-order valence-corrected chi connectivity index (χ4v) is 2.86. The van der Waals surface area contributed by atoms with Gasteiger partial charge in [-0.1, -0.05) is 25.1 Å². The second kappa shape index (κ2) is 5.61. The molecule has 4 nitrogen and oxygen atoms in total. The van der Waals surface area contributed by atoms with Crippen LogP contribution in [-0.2, 0) is 9.84 Å². The van der Waals surface area contributed by atoms with Gasteiger partial charge in [0.2, 0.25) is 0 Å². The zero-order valence-corrected chi connectivity index (χ0v) is 12.6. The molecule has 0 aromatic rings. The number of thioether (sulfide) groups is 1. The Kier molecular flexibility index (Phi) is 4.89. The summed E-state index contributed by atoms with van der Waals surface area (Å²) in [5, 5.41) is 4.60. The maximum Gasteiger partial charge on any atom is 0.156 e. The number of rotatable bonds is 5. The van der Waals surface area contributed by atoms with Gasteiger partial charge >= 0.3 is 0 Å². The topological polar surface area (TPSA) is 58.5 Å². The molecule has 0 aromatic heterocycles. The number of amidine groups is 1. The quantitative estimate of drug-likeness (QED) is 0.831. The SMILES string of the molecule is CCCC1CN=C(NCC(C)(C)S(C)(=O)=O)S1. The first kappa shape index (κ1) is 14.8. The van der Waals surface area contributed by atoms with Crippen molar-refractivity contribution in [3.05, 3.63) is 0 Å². The maximum absolute atomic E-state index is 11.5. The first-order valence-electron chi connectivity index (χ1n) is 5.91. The van der Waals surface area contributed by atoms with Gasteiger partial charge in [-0.15, -0.1) is 0 Å². The second-order valence-corrected chi connectivity index (χ2v) is 9.00. The molecule has 6 heteroatoms. The largest absolute Gasteiger partial charge is 0.363 e. The Balaban J connectivity index is 2.43. The van der Waals surface area contributed by atoms with Gasteiger partial charge in [-0.3, -0.25) is 4.99 Å². The van der Waals surface area contributed by atoms with Crippen molar-refractivity contribution in [3.63, 3.8) is 0 Å². The summed E-state index contributed by atoms with van der Waals surface area (Å²) in [5.41, 5.74) is 0. The van der Waals surface area contributed by atoms with Crippen LogP contribution in [0.25, 0.3) is 0 Å². The molecule has 0 aromatic carbocycles. The fraction of sp³-hybridized carbons (Fsp3) is 0.909. The Labute approximate surface area is 109 Å². The van der Waals surface area contributed by atoms with E-state index in [2.05, 4.69) is 17.2 Å². The molecule has 1 rings (SSSR count). The monoisotopic (exact) mass is 278 g/mol. The molecule has 0 saturated heterocycles. The van der Waals surface area contributed by atoms with Crippen molar-refractivity contribution >= 4 is 26.8 Å². The van der Waals surface area contributed by atoms with E-state index in [1.54, 1.807) is 25.6 Å². The molecule has 0 spiro atoms. The smallest absolute Gasteiger partial charge is 0.156 e. The van der Waals surface area contributed by atoms with Crippen molar-refractivity contribution in [1.82, 2.24) is 5.32 Å². The molecule has 0 bridgehead atoms. The number of sulfone groups is 1. The van der Waals surface area contributed by atoms with E-state index in [1.165, 1.54) is 6.26 Å². The molecule has 1 heterocycles. The van der Waals surface area contributed by atoms with Crippen molar-refractivity contribution in [3.8, 4) is 0 Å². The Bertz CT molecular complexity index is 388. The van der Waals surface area contributed by atoms with Crippen molar-refractivity contribution in [1.29, 1.82) is 0 Å². The first-order chi connectivity index (χ1) is 7.76. The first-order valence-corrected chi connectivity index (χ1v) is 8.68. The highest BCUT2D eigenvalue weighted by atomic mass is 32.2. The maximum atomic E-state index is 11.5. The number of hydrogen-bond acceptors (Lipinski definition) is 5. The molecule has 1 aliphatic heterocycles. The van der Waals surface area contributed by atoms with E-state index in [0.717, 1.165) is 24.6 Å². The third kappa shape index (κ3) is 4.17. The van der Waals surface area contributed by atoms with Gasteiger partial charge < -0.3 is 5.32 Å². The highest BCUT2D eigenvalue weighted by Gasteiger charge is 2.31. The lowest BCUT2D eigenvalue weighted by molar-refractivity contribution is 0.547. The summed E-state index contributed by atoms with van der Waals surface area (Å²) in [6, 6.07) is 0. The standard InChI is InChI=1S/C11H22N2O2S2/c1-5-6-9-7-12-10(16-9)13-8-11(2,3)17(4,14)15/h9H,5-8H2,1-4H3,(H,12,13). The predicted molar refractivity (Wildman–Crippen MR) is 75.5 cm³/mol. The zero-order valence-electron chi connectivity index (χ0n) is 11.0. The molecule has 1 atom stereocenters. The summed E-state index contributed by atoms with van der Waals surface area (Å²) in [6.07, 6.45) is 3.60. The summed E-state index contributed by atoms with van der Waals surface area (Å²) in [4.78, 5) is 4.39. The Hall–Kier alpha value is -0.230. The number of aliphatic imine (C=N–C) groups is 1. The van der Waals surface area contributed by atoms with E-state index < -0.39 is 14.6 Å². The van der Waals surface area contributed by atoms with Crippen LogP contribution in [0.3, 0.4) is 0 Å². The van der Waals surface area contributed by atoms with Crippen LogP contribution in [0.5, 0.6) is 0 Å². The highest BCUT2D eigenvalue weighted by Crippen LogP contribution is 2.24. The lowest BCUT2D eigenvalue weighted by Gasteiger charge is -2.23. The normalized spacial score (nSPS) is 21.4. The lowest BCUT2D eigenvalue weighted by atomic mass is 10.2. The van der Waals surface area contributed by atoms with E-state index >= 15 is 0 Å². The molecule has 100 valence electrons. The van der Waals surface area contributed by atoms with Crippen LogP contribution in [0.4, 0.5) is 0 Å². The molecular weight excluding hydrogens is 256 g/mol. The van der Waals surface area contributed by atoms with E-state index in [0.29, 0.717) is 11.8 Å². The number of hydrogen-bond donors (Lipinski definition) is 1. The molecule has 0 saturated carbocycles. The van der Waals surface area contributed by atoms with Crippen LogP contribution >= 0.6 is 11.8 Å².